The van der Waals surface area contributed by atoms with Crippen LogP contribution in [0.2, 0.25) is 0 Å². The maximum Gasteiger partial charge on any atom is 0.170 e. The minimum atomic E-state index is 0.625. The fourth-order valence-corrected chi connectivity index (χ4v) is 2.83. The second-order valence-electron chi connectivity index (χ2n) is 5.26. The average Bonchev–Trinajstić information content (AvgIpc) is 3.19. The van der Waals surface area contributed by atoms with Crippen LogP contribution in [-0.2, 0) is 20.0 Å². The van der Waals surface area contributed by atoms with E-state index in [1.165, 1.54) is 16.8 Å². The Balaban J connectivity index is 1.74. The lowest BCUT2D eigenvalue weighted by atomic mass is 10.1. The lowest BCUT2D eigenvalue weighted by Gasteiger charge is -2.11. The fraction of sp³-hybridized carbons (Fsp3) is 0.267. The predicted octanol–water partition coefficient (Wildman–Crippen LogP) is 1.69. The molecule has 1 N–H and O–H groups in total. The number of benzene rings is 1. The van der Waals surface area contributed by atoms with Crippen molar-refractivity contribution in [3.8, 4) is 11.3 Å². The molecular weight excluding hydrogens is 264 g/mol. The van der Waals surface area contributed by atoms with E-state index in [0.29, 0.717) is 6.54 Å². The molecule has 0 atom stereocenters. The number of anilines is 1. The van der Waals surface area contributed by atoms with Crippen LogP contribution in [0.1, 0.15) is 11.4 Å². The third-order valence-corrected chi connectivity index (χ3v) is 3.79. The van der Waals surface area contributed by atoms with E-state index in [0.717, 1.165) is 24.5 Å². The van der Waals surface area contributed by atoms with Gasteiger partial charge in [0, 0.05) is 24.8 Å². The van der Waals surface area contributed by atoms with Crippen LogP contribution in [0, 0.1) is 0 Å². The van der Waals surface area contributed by atoms with Gasteiger partial charge in [-0.1, -0.05) is 18.2 Å². The van der Waals surface area contributed by atoms with E-state index in [1.807, 2.05) is 19.6 Å². The van der Waals surface area contributed by atoms with Gasteiger partial charge in [-0.2, -0.15) is 5.10 Å². The molecule has 0 saturated heterocycles. The zero-order chi connectivity index (χ0) is 14.2. The number of aryl methyl sites for hydroxylation is 1. The second-order valence-corrected chi connectivity index (χ2v) is 5.26. The highest BCUT2D eigenvalue weighted by Crippen LogP contribution is 2.34. The Morgan fingerprint density at radius 1 is 1.29 bits per heavy atom. The summed E-state index contributed by atoms with van der Waals surface area (Å²) in [6.45, 7) is 1.63. The largest absolute Gasteiger partial charge is 0.384 e. The molecule has 21 heavy (non-hydrogen) atoms. The molecule has 0 radical (unpaired) electrons. The number of para-hydroxylation sites is 1. The molecule has 6 heteroatoms. The maximum atomic E-state index is 4.33. The first-order chi connectivity index (χ1) is 10.3. The summed E-state index contributed by atoms with van der Waals surface area (Å²) in [6, 6.07) is 6.42. The van der Waals surface area contributed by atoms with Crippen LogP contribution in [-0.4, -0.2) is 30.9 Å². The minimum Gasteiger partial charge on any atom is -0.384 e. The lowest BCUT2D eigenvalue weighted by Crippen LogP contribution is -2.04. The van der Waals surface area contributed by atoms with E-state index in [9.17, 15) is 0 Å². The van der Waals surface area contributed by atoms with Gasteiger partial charge in [0.05, 0.1) is 24.8 Å². The highest BCUT2D eigenvalue weighted by molar-refractivity contribution is 5.79. The number of rotatable bonds is 3. The zero-order valence-corrected chi connectivity index (χ0v) is 11.8. The van der Waals surface area contributed by atoms with Crippen molar-refractivity contribution in [1.29, 1.82) is 0 Å². The van der Waals surface area contributed by atoms with E-state index < -0.39 is 0 Å². The number of imidazole rings is 1. The summed E-state index contributed by atoms with van der Waals surface area (Å²) in [7, 11) is 1.87. The van der Waals surface area contributed by atoms with Crippen molar-refractivity contribution in [2.75, 3.05) is 11.9 Å². The Morgan fingerprint density at radius 3 is 3.10 bits per heavy atom. The van der Waals surface area contributed by atoms with Gasteiger partial charge >= 0.3 is 0 Å². The molecule has 0 bridgehead atoms. The van der Waals surface area contributed by atoms with Gasteiger partial charge in [0.25, 0.3) is 0 Å². The summed E-state index contributed by atoms with van der Waals surface area (Å²) in [5, 5.41) is 7.81. The van der Waals surface area contributed by atoms with Gasteiger partial charge in [-0.3, -0.25) is 4.68 Å². The van der Waals surface area contributed by atoms with Crippen LogP contribution in [0.15, 0.2) is 37.1 Å². The fourth-order valence-electron chi connectivity index (χ4n) is 2.83. The van der Waals surface area contributed by atoms with Crippen molar-refractivity contribution in [2.24, 2.45) is 7.05 Å². The molecule has 0 fully saturated rings. The van der Waals surface area contributed by atoms with Crippen molar-refractivity contribution < 1.29 is 0 Å². The smallest absolute Gasteiger partial charge is 0.170 e. The number of nitrogens with one attached hydrogen (secondary N) is 1. The van der Waals surface area contributed by atoms with Gasteiger partial charge in [0.2, 0.25) is 0 Å². The summed E-state index contributed by atoms with van der Waals surface area (Å²) < 4.78 is 3.80. The van der Waals surface area contributed by atoms with Crippen LogP contribution in [0.5, 0.6) is 0 Å². The summed E-state index contributed by atoms with van der Waals surface area (Å²) in [5.41, 5.74) is 4.89. The Labute approximate surface area is 122 Å². The van der Waals surface area contributed by atoms with E-state index in [-0.39, 0.29) is 0 Å². The molecule has 0 unspecified atom stereocenters. The number of hydrogen-bond donors (Lipinski definition) is 1. The Bertz CT molecular complexity index is 785. The molecule has 6 nitrogen and oxygen atoms in total. The number of fused-ring (bicyclic) bond motifs is 1. The molecule has 3 heterocycles. The Hall–Kier alpha value is -2.63. The van der Waals surface area contributed by atoms with Crippen molar-refractivity contribution in [1.82, 2.24) is 24.3 Å². The normalized spacial score (nSPS) is 13.2. The maximum absolute atomic E-state index is 4.33. The summed E-state index contributed by atoms with van der Waals surface area (Å²) in [6.07, 6.45) is 6.53. The first-order valence-electron chi connectivity index (χ1n) is 7.02. The molecule has 1 aliphatic heterocycles. The second kappa shape index (κ2) is 4.73. The number of aromatic nitrogens is 5. The van der Waals surface area contributed by atoms with Crippen molar-refractivity contribution in [3.05, 3.63) is 48.4 Å². The molecule has 3 aromatic rings. The molecule has 2 aromatic heterocycles. The Kier molecular flexibility index (Phi) is 2.73. The van der Waals surface area contributed by atoms with Crippen LogP contribution in [0.4, 0.5) is 5.69 Å². The third kappa shape index (κ3) is 2.08. The SMILES string of the molecule is Cn1cnc(Cn2cncc2-c2cccc3c2NCC3)n1. The van der Waals surface area contributed by atoms with Gasteiger partial charge in [-0.25, -0.2) is 9.97 Å². The van der Waals surface area contributed by atoms with Crippen molar-refractivity contribution in [2.45, 2.75) is 13.0 Å². The van der Waals surface area contributed by atoms with E-state index >= 15 is 0 Å². The van der Waals surface area contributed by atoms with Gasteiger partial charge in [0.15, 0.2) is 5.82 Å². The number of nitrogens with zero attached hydrogens (tertiary/aromatic N) is 5. The summed E-state index contributed by atoms with van der Waals surface area (Å²) in [5.74, 6) is 0.789. The summed E-state index contributed by atoms with van der Waals surface area (Å²) in [4.78, 5) is 8.59. The molecular formula is C15H16N6. The van der Waals surface area contributed by atoms with Crippen LogP contribution in [0.25, 0.3) is 11.3 Å². The van der Waals surface area contributed by atoms with E-state index in [4.69, 9.17) is 0 Å². The molecule has 0 spiro atoms. The Morgan fingerprint density at radius 2 is 2.24 bits per heavy atom. The molecule has 1 aliphatic rings. The van der Waals surface area contributed by atoms with Crippen LogP contribution in [0.3, 0.4) is 0 Å². The molecule has 0 saturated carbocycles. The van der Waals surface area contributed by atoms with Gasteiger partial charge in [-0.05, 0) is 12.0 Å². The molecule has 0 amide bonds. The van der Waals surface area contributed by atoms with Crippen molar-refractivity contribution >= 4 is 5.69 Å². The number of hydrogen-bond acceptors (Lipinski definition) is 4. The zero-order valence-electron chi connectivity index (χ0n) is 11.8. The van der Waals surface area contributed by atoms with E-state index in [2.05, 4.69) is 43.1 Å². The third-order valence-electron chi connectivity index (χ3n) is 3.79. The van der Waals surface area contributed by atoms with Crippen molar-refractivity contribution in [3.63, 3.8) is 0 Å². The lowest BCUT2D eigenvalue weighted by molar-refractivity contribution is 0.705. The molecule has 4 rings (SSSR count). The van der Waals surface area contributed by atoms with Gasteiger partial charge < -0.3 is 9.88 Å². The highest BCUT2D eigenvalue weighted by atomic mass is 15.3. The molecule has 106 valence electrons. The minimum absolute atomic E-state index is 0.625. The standard InChI is InChI=1S/C15H16N6/c1-20-10-18-14(19-20)8-21-9-16-7-13(21)12-4-2-3-11-5-6-17-15(11)12/h2-4,7,9-10,17H,5-6,8H2,1H3. The molecule has 0 aliphatic carbocycles. The highest BCUT2D eigenvalue weighted by Gasteiger charge is 2.17. The average molecular weight is 280 g/mol. The molecule has 1 aromatic carbocycles. The van der Waals surface area contributed by atoms with Crippen LogP contribution < -0.4 is 5.32 Å². The monoisotopic (exact) mass is 280 g/mol. The van der Waals surface area contributed by atoms with E-state index in [1.54, 1.807) is 11.0 Å². The summed E-state index contributed by atoms with van der Waals surface area (Å²) >= 11 is 0. The van der Waals surface area contributed by atoms with Gasteiger partial charge in [0.1, 0.15) is 6.33 Å². The first-order valence-corrected chi connectivity index (χ1v) is 7.02. The van der Waals surface area contributed by atoms with Gasteiger partial charge in [-0.15, -0.1) is 0 Å². The first kappa shape index (κ1) is 12.1. The van der Waals surface area contributed by atoms with Crippen LogP contribution >= 0.6 is 0 Å². The topological polar surface area (TPSA) is 60.6 Å². The predicted molar refractivity (Wildman–Crippen MR) is 80.0 cm³/mol. The quantitative estimate of drug-likeness (QED) is 0.793.